The molecule has 0 aliphatic carbocycles. The molecule has 0 spiro atoms. The summed E-state index contributed by atoms with van der Waals surface area (Å²) in [5, 5.41) is 12.5. The molecule has 0 aromatic carbocycles. The minimum absolute atomic E-state index is 0.258. The molecule has 7 heteroatoms. The van der Waals surface area contributed by atoms with Gasteiger partial charge in [0.25, 0.3) is 0 Å². The van der Waals surface area contributed by atoms with Crippen molar-refractivity contribution in [2.75, 3.05) is 0 Å². The van der Waals surface area contributed by atoms with E-state index in [1.165, 1.54) is 7.05 Å². The number of aliphatic hydroxyl groups excluding tert-OH is 1. The number of hydrogen-bond acceptors (Lipinski definition) is 2. The summed E-state index contributed by atoms with van der Waals surface area (Å²) in [7, 11) is 1.33. The van der Waals surface area contributed by atoms with E-state index in [1.807, 2.05) is 0 Å². The molecule has 0 aliphatic rings. The van der Waals surface area contributed by atoms with E-state index in [2.05, 4.69) is 21.0 Å². The van der Waals surface area contributed by atoms with Gasteiger partial charge in [-0.25, -0.2) is 0 Å². The molecular formula is C6H6BrF3N2O. The molecule has 1 atom stereocenters. The van der Waals surface area contributed by atoms with Crippen LogP contribution in [0.25, 0.3) is 0 Å². The number of rotatable bonds is 1. The lowest BCUT2D eigenvalue weighted by Gasteiger charge is -2.13. The van der Waals surface area contributed by atoms with Crippen molar-refractivity contribution < 1.29 is 18.3 Å². The minimum atomic E-state index is -4.66. The highest BCUT2D eigenvalue weighted by Gasteiger charge is 2.41. The van der Waals surface area contributed by atoms with Gasteiger partial charge in [-0.2, -0.15) is 18.3 Å². The van der Waals surface area contributed by atoms with Crippen molar-refractivity contribution in [3.05, 3.63) is 16.4 Å². The SMILES string of the molecule is Cn1nc(Br)cc1[C@@H](O)C(F)(F)F. The van der Waals surface area contributed by atoms with Crippen LogP contribution >= 0.6 is 15.9 Å². The van der Waals surface area contributed by atoms with Crippen molar-refractivity contribution >= 4 is 15.9 Å². The summed E-state index contributed by atoms with van der Waals surface area (Å²) in [4.78, 5) is 0. The van der Waals surface area contributed by atoms with Crippen LogP contribution in [0.15, 0.2) is 10.7 Å². The molecule has 0 bridgehead atoms. The van der Waals surface area contributed by atoms with Crippen molar-refractivity contribution in [3.63, 3.8) is 0 Å². The quantitative estimate of drug-likeness (QED) is 0.834. The van der Waals surface area contributed by atoms with E-state index < -0.39 is 12.3 Å². The van der Waals surface area contributed by atoms with E-state index in [-0.39, 0.29) is 10.3 Å². The van der Waals surface area contributed by atoms with Crippen LogP contribution in [-0.4, -0.2) is 21.1 Å². The summed E-state index contributed by atoms with van der Waals surface area (Å²) >= 11 is 2.91. The van der Waals surface area contributed by atoms with Gasteiger partial charge >= 0.3 is 6.18 Å². The predicted molar refractivity (Wildman–Crippen MR) is 41.9 cm³/mol. The highest BCUT2D eigenvalue weighted by Crippen LogP contribution is 2.32. The molecule has 3 nitrogen and oxygen atoms in total. The Morgan fingerprint density at radius 1 is 1.62 bits per heavy atom. The van der Waals surface area contributed by atoms with Crippen molar-refractivity contribution in [2.24, 2.45) is 7.05 Å². The van der Waals surface area contributed by atoms with Gasteiger partial charge in [0.15, 0.2) is 6.10 Å². The number of hydrogen-bond donors (Lipinski definition) is 1. The molecule has 0 aliphatic heterocycles. The van der Waals surface area contributed by atoms with Crippen LogP contribution in [0.1, 0.15) is 11.8 Å². The third-order valence-electron chi connectivity index (χ3n) is 1.48. The first kappa shape index (κ1) is 10.5. The molecule has 0 unspecified atom stereocenters. The largest absolute Gasteiger partial charge is 0.420 e. The van der Waals surface area contributed by atoms with Crippen molar-refractivity contribution in [1.29, 1.82) is 0 Å². The molecule has 1 rings (SSSR count). The van der Waals surface area contributed by atoms with Crippen LogP contribution in [0.3, 0.4) is 0 Å². The number of aliphatic hydroxyl groups is 1. The van der Waals surface area contributed by atoms with Gasteiger partial charge < -0.3 is 5.11 Å². The van der Waals surface area contributed by atoms with Crippen LogP contribution < -0.4 is 0 Å². The second kappa shape index (κ2) is 3.30. The Kier molecular flexibility index (Phi) is 2.67. The van der Waals surface area contributed by atoms with Crippen LogP contribution in [0.4, 0.5) is 13.2 Å². The zero-order valence-electron chi connectivity index (χ0n) is 6.51. The first-order chi connectivity index (χ1) is 5.82. The normalized spacial score (nSPS) is 14.6. The maximum absolute atomic E-state index is 12.0. The Labute approximate surface area is 80.3 Å². The van der Waals surface area contributed by atoms with Gasteiger partial charge in [-0.15, -0.1) is 0 Å². The van der Waals surface area contributed by atoms with E-state index in [0.29, 0.717) is 0 Å². The molecule has 1 N–H and O–H groups in total. The van der Waals surface area contributed by atoms with E-state index in [0.717, 1.165) is 10.7 Å². The average molecular weight is 259 g/mol. The monoisotopic (exact) mass is 258 g/mol. The second-order valence-electron chi connectivity index (χ2n) is 2.46. The number of halogens is 4. The van der Waals surface area contributed by atoms with E-state index in [9.17, 15) is 13.2 Å². The van der Waals surface area contributed by atoms with Crippen LogP contribution in [0.5, 0.6) is 0 Å². The fraction of sp³-hybridized carbons (Fsp3) is 0.500. The van der Waals surface area contributed by atoms with Gasteiger partial charge in [-0.3, -0.25) is 4.68 Å². The first-order valence-corrected chi connectivity index (χ1v) is 4.06. The summed E-state index contributed by atoms with van der Waals surface area (Å²) in [5.74, 6) is 0. The standard InChI is InChI=1S/C6H6BrF3N2O/c1-12-3(2-4(7)11-12)5(13)6(8,9)10/h2,5,13H,1H3/t5-/m1/s1. The molecule has 0 fully saturated rings. The van der Waals surface area contributed by atoms with Gasteiger partial charge in [-0.1, -0.05) is 0 Å². The Balaban J connectivity index is 3.01. The fourth-order valence-corrected chi connectivity index (χ4v) is 1.34. The highest BCUT2D eigenvalue weighted by molar-refractivity contribution is 9.10. The fourth-order valence-electron chi connectivity index (χ4n) is 0.869. The van der Waals surface area contributed by atoms with E-state index in [4.69, 9.17) is 5.11 Å². The Hall–Kier alpha value is -0.560. The summed E-state index contributed by atoms with van der Waals surface area (Å²) in [6, 6.07) is 1.12. The smallest absolute Gasteiger partial charge is 0.378 e. The lowest BCUT2D eigenvalue weighted by Crippen LogP contribution is -2.22. The molecule has 1 aromatic rings. The van der Waals surface area contributed by atoms with Gasteiger partial charge in [0.1, 0.15) is 4.60 Å². The van der Waals surface area contributed by atoms with Gasteiger partial charge in [0.2, 0.25) is 0 Å². The van der Waals surface area contributed by atoms with Gasteiger partial charge in [0, 0.05) is 7.05 Å². The van der Waals surface area contributed by atoms with Crippen LogP contribution in [0.2, 0.25) is 0 Å². The molecule has 1 aromatic heterocycles. The molecule has 0 radical (unpaired) electrons. The summed E-state index contributed by atoms with van der Waals surface area (Å²) in [5.41, 5.74) is -0.292. The Morgan fingerprint density at radius 2 is 2.15 bits per heavy atom. The summed E-state index contributed by atoms with van der Waals surface area (Å²) in [6.45, 7) is 0. The summed E-state index contributed by atoms with van der Waals surface area (Å²) in [6.07, 6.45) is -7.15. The van der Waals surface area contributed by atoms with E-state index >= 15 is 0 Å². The molecule has 1 heterocycles. The molecule has 74 valence electrons. The molecular weight excluding hydrogens is 253 g/mol. The minimum Gasteiger partial charge on any atom is -0.378 e. The van der Waals surface area contributed by atoms with Gasteiger partial charge in [0.05, 0.1) is 5.69 Å². The topological polar surface area (TPSA) is 38.0 Å². The Bertz CT molecular complexity index is 309. The highest BCUT2D eigenvalue weighted by atomic mass is 79.9. The zero-order valence-corrected chi connectivity index (χ0v) is 8.09. The third-order valence-corrected chi connectivity index (χ3v) is 1.86. The first-order valence-electron chi connectivity index (χ1n) is 3.26. The van der Waals surface area contributed by atoms with Crippen molar-refractivity contribution in [3.8, 4) is 0 Å². The Morgan fingerprint density at radius 3 is 2.46 bits per heavy atom. The number of alkyl halides is 3. The molecule has 0 amide bonds. The predicted octanol–water partition coefficient (Wildman–Crippen LogP) is 1.78. The maximum atomic E-state index is 12.0. The number of aryl methyl sites for hydroxylation is 1. The van der Waals surface area contributed by atoms with E-state index in [1.54, 1.807) is 0 Å². The van der Waals surface area contributed by atoms with Crippen molar-refractivity contribution in [1.82, 2.24) is 9.78 Å². The molecule has 0 saturated carbocycles. The number of aromatic nitrogens is 2. The van der Waals surface area contributed by atoms with Gasteiger partial charge in [-0.05, 0) is 22.0 Å². The maximum Gasteiger partial charge on any atom is 0.420 e. The van der Waals surface area contributed by atoms with Crippen LogP contribution in [-0.2, 0) is 7.05 Å². The lowest BCUT2D eigenvalue weighted by atomic mass is 10.2. The summed E-state index contributed by atoms with van der Waals surface area (Å²) < 4.78 is 37.3. The molecule has 13 heavy (non-hydrogen) atoms. The van der Waals surface area contributed by atoms with Crippen molar-refractivity contribution in [2.45, 2.75) is 12.3 Å². The molecule has 0 saturated heterocycles. The zero-order chi connectivity index (χ0) is 10.2. The second-order valence-corrected chi connectivity index (χ2v) is 3.27. The number of nitrogens with zero attached hydrogens (tertiary/aromatic N) is 2. The third kappa shape index (κ3) is 2.22. The lowest BCUT2D eigenvalue weighted by molar-refractivity contribution is -0.208. The van der Waals surface area contributed by atoms with Crippen LogP contribution in [0, 0.1) is 0 Å². The average Bonchev–Trinajstić information content (AvgIpc) is 2.26.